The number of imidazole rings is 1. The van der Waals surface area contributed by atoms with E-state index in [9.17, 15) is 13.2 Å². The van der Waals surface area contributed by atoms with Gasteiger partial charge in [-0.3, -0.25) is 0 Å². The molecule has 9 heteroatoms. The first-order chi connectivity index (χ1) is 12.9. The first-order valence-corrected chi connectivity index (χ1v) is 10.5. The fourth-order valence-corrected chi connectivity index (χ4v) is 4.39. The van der Waals surface area contributed by atoms with Crippen molar-refractivity contribution in [1.82, 2.24) is 19.6 Å². The van der Waals surface area contributed by atoms with E-state index in [2.05, 4.69) is 20.6 Å². The topological polar surface area (TPSA) is 107 Å². The molecule has 3 rings (SSSR count). The minimum atomic E-state index is -3.59. The maximum atomic E-state index is 12.7. The first-order valence-electron chi connectivity index (χ1n) is 9.04. The summed E-state index contributed by atoms with van der Waals surface area (Å²) < 4.78 is 26.9. The van der Waals surface area contributed by atoms with Gasteiger partial charge in [-0.15, -0.1) is 0 Å². The molecule has 0 unspecified atom stereocenters. The summed E-state index contributed by atoms with van der Waals surface area (Å²) >= 11 is 0. The molecule has 8 nitrogen and oxygen atoms in total. The second kappa shape index (κ2) is 8.10. The van der Waals surface area contributed by atoms with Gasteiger partial charge in [-0.25, -0.2) is 18.2 Å². The molecule has 2 aromatic rings. The van der Waals surface area contributed by atoms with Gasteiger partial charge in [0.2, 0.25) is 0 Å². The van der Waals surface area contributed by atoms with Crippen molar-refractivity contribution in [3.63, 3.8) is 0 Å². The largest absolute Gasteiger partial charge is 0.335 e. The molecule has 146 valence electrons. The minimum Gasteiger partial charge on any atom is -0.335 e. The number of hydrogen-bond acceptors (Lipinski definition) is 4. The van der Waals surface area contributed by atoms with Crippen LogP contribution in [0.15, 0.2) is 41.6 Å². The first kappa shape index (κ1) is 19.4. The quantitative estimate of drug-likeness (QED) is 0.728. The standard InChI is InChI=1S/C18H25N5O3S/c1-13(2)17-19-12-16(22-17)27(25,26)23-10-8-15(9-11-23)21-18(24)20-14-6-4-3-5-7-14/h3-7,12-13,15H,8-11H2,1-2H3,(H,19,22)(H2,20,21,24). The molecule has 2 heterocycles. The molecule has 0 aliphatic carbocycles. The molecule has 1 aliphatic heterocycles. The van der Waals surface area contributed by atoms with E-state index < -0.39 is 10.0 Å². The highest BCUT2D eigenvalue weighted by molar-refractivity contribution is 7.89. The number of para-hydroxylation sites is 1. The molecule has 1 saturated heterocycles. The van der Waals surface area contributed by atoms with E-state index in [0.717, 1.165) is 5.69 Å². The zero-order valence-electron chi connectivity index (χ0n) is 15.5. The number of sulfonamides is 1. The van der Waals surface area contributed by atoms with Gasteiger partial charge in [-0.1, -0.05) is 32.0 Å². The minimum absolute atomic E-state index is 0.0619. The molecule has 0 saturated carbocycles. The molecule has 1 fully saturated rings. The lowest BCUT2D eigenvalue weighted by molar-refractivity contribution is 0.238. The number of H-pyrrole nitrogens is 1. The molecule has 0 spiro atoms. The summed E-state index contributed by atoms with van der Waals surface area (Å²) in [5.74, 6) is 0.787. The van der Waals surface area contributed by atoms with E-state index in [-0.39, 0.29) is 23.0 Å². The highest BCUT2D eigenvalue weighted by atomic mass is 32.2. The van der Waals surface area contributed by atoms with E-state index in [4.69, 9.17) is 0 Å². The Hall–Kier alpha value is -2.39. The summed E-state index contributed by atoms with van der Waals surface area (Å²) in [5.41, 5.74) is 0.718. The normalized spacial score (nSPS) is 16.4. The molecule has 1 aliphatic rings. The second-order valence-corrected chi connectivity index (χ2v) is 8.84. The molecule has 1 aromatic heterocycles. The number of carbonyl (C=O) groups excluding carboxylic acids is 1. The SMILES string of the molecule is CC(C)c1ncc(S(=O)(=O)N2CCC(NC(=O)Nc3ccccc3)CC2)[nH]1. The lowest BCUT2D eigenvalue weighted by Crippen LogP contribution is -2.47. The van der Waals surface area contributed by atoms with Crippen LogP contribution in [-0.4, -0.2) is 47.9 Å². The number of nitrogens with one attached hydrogen (secondary N) is 3. The van der Waals surface area contributed by atoms with Crippen LogP contribution in [0.2, 0.25) is 0 Å². The fraction of sp³-hybridized carbons (Fsp3) is 0.444. The van der Waals surface area contributed by atoms with Crippen molar-refractivity contribution in [3.05, 3.63) is 42.4 Å². The zero-order chi connectivity index (χ0) is 19.4. The smallest absolute Gasteiger partial charge is 0.319 e. The third-order valence-electron chi connectivity index (χ3n) is 4.56. The van der Waals surface area contributed by atoms with Gasteiger partial charge in [0.1, 0.15) is 5.82 Å². The lowest BCUT2D eigenvalue weighted by atomic mass is 10.1. The van der Waals surface area contributed by atoms with Crippen molar-refractivity contribution < 1.29 is 13.2 Å². The van der Waals surface area contributed by atoms with Gasteiger partial charge in [0.15, 0.2) is 5.03 Å². The summed E-state index contributed by atoms with van der Waals surface area (Å²) in [6.45, 7) is 4.61. The average molecular weight is 391 g/mol. The summed E-state index contributed by atoms with van der Waals surface area (Å²) in [4.78, 5) is 19.1. The Balaban J connectivity index is 1.54. The number of amides is 2. The molecule has 0 bridgehead atoms. The van der Waals surface area contributed by atoms with Crippen LogP contribution in [0.1, 0.15) is 38.4 Å². The number of anilines is 1. The Morgan fingerprint density at radius 3 is 2.48 bits per heavy atom. The van der Waals surface area contributed by atoms with Crippen LogP contribution in [0.4, 0.5) is 10.5 Å². The van der Waals surface area contributed by atoms with Crippen LogP contribution in [0.5, 0.6) is 0 Å². The maximum Gasteiger partial charge on any atom is 0.319 e. The van der Waals surface area contributed by atoms with Crippen LogP contribution < -0.4 is 10.6 Å². The monoisotopic (exact) mass is 391 g/mol. The number of aromatic amines is 1. The zero-order valence-corrected chi connectivity index (χ0v) is 16.3. The number of benzene rings is 1. The number of piperidine rings is 1. The summed E-state index contributed by atoms with van der Waals surface area (Å²) in [6, 6.07) is 8.85. The molecule has 2 amide bonds. The van der Waals surface area contributed by atoms with E-state index >= 15 is 0 Å². The summed E-state index contributed by atoms with van der Waals surface area (Å²) in [7, 11) is -3.59. The molecule has 1 aromatic carbocycles. The number of urea groups is 1. The molecular formula is C18H25N5O3S. The van der Waals surface area contributed by atoms with Gasteiger partial charge in [0.25, 0.3) is 10.0 Å². The van der Waals surface area contributed by atoms with Crippen molar-refractivity contribution >= 4 is 21.7 Å². The Morgan fingerprint density at radius 2 is 1.89 bits per heavy atom. The number of hydrogen-bond donors (Lipinski definition) is 3. The van der Waals surface area contributed by atoms with Crippen LogP contribution >= 0.6 is 0 Å². The highest BCUT2D eigenvalue weighted by Gasteiger charge is 2.31. The second-order valence-electron chi connectivity index (χ2n) is 6.93. The highest BCUT2D eigenvalue weighted by Crippen LogP contribution is 2.21. The summed E-state index contributed by atoms with van der Waals surface area (Å²) in [5, 5.41) is 5.81. The van der Waals surface area contributed by atoms with Gasteiger partial charge in [0.05, 0.1) is 6.20 Å². The third kappa shape index (κ3) is 4.67. The predicted molar refractivity (Wildman–Crippen MR) is 103 cm³/mol. The number of nitrogens with zero attached hydrogens (tertiary/aromatic N) is 2. The molecular weight excluding hydrogens is 366 g/mol. The van der Waals surface area contributed by atoms with Crippen molar-refractivity contribution in [1.29, 1.82) is 0 Å². The van der Waals surface area contributed by atoms with Crippen LogP contribution in [0, 0.1) is 0 Å². The Bertz CT molecular complexity index is 871. The van der Waals surface area contributed by atoms with Crippen LogP contribution in [-0.2, 0) is 10.0 Å². The van der Waals surface area contributed by atoms with Crippen LogP contribution in [0.3, 0.4) is 0 Å². The predicted octanol–water partition coefficient (Wildman–Crippen LogP) is 2.51. The van der Waals surface area contributed by atoms with E-state index in [0.29, 0.717) is 31.8 Å². The summed E-state index contributed by atoms with van der Waals surface area (Å²) in [6.07, 6.45) is 2.50. The molecule has 0 radical (unpaired) electrons. The van der Waals surface area contributed by atoms with E-state index in [1.54, 1.807) is 0 Å². The van der Waals surface area contributed by atoms with Crippen molar-refractivity contribution in [2.24, 2.45) is 0 Å². The van der Waals surface area contributed by atoms with E-state index in [1.165, 1.54) is 10.5 Å². The number of aromatic nitrogens is 2. The van der Waals surface area contributed by atoms with Crippen molar-refractivity contribution in [3.8, 4) is 0 Å². The van der Waals surface area contributed by atoms with E-state index in [1.807, 2.05) is 44.2 Å². The third-order valence-corrected chi connectivity index (χ3v) is 6.37. The molecule has 27 heavy (non-hydrogen) atoms. The van der Waals surface area contributed by atoms with Gasteiger partial charge >= 0.3 is 6.03 Å². The van der Waals surface area contributed by atoms with Crippen molar-refractivity contribution in [2.75, 3.05) is 18.4 Å². The number of rotatable bonds is 5. The maximum absolute atomic E-state index is 12.7. The number of carbonyl (C=O) groups is 1. The van der Waals surface area contributed by atoms with Gasteiger partial charge < -0.3 is 15.6 Å². The molecule has 3 N–H and O–H groups in total. The van der Waals surface area contributed by atoms with Gasteiger partial charge in [0, 0.05) is 30.7 Å². The Kier molecular flexibility index (Phi) is 5.81. The van der Waals surface area contributed by atoms with Gasteiger partial charge in [-0.2, -0.15) is 4.31 Å². The molecule has 0 atom stereocenters. The van der Waals surface area contributed by atoms with Crippen molar-refractivity contribution in [2.45, 2.75) is 43.7 Å². The van der Waals surface area contributed by atoms with Crippen LogP contribution in [0.25, 0.3) is 0 Å². The Morgan fingerprint density at radius 1 is 1.22 bits per heavy atom. The lowest BCUT2D eigenvalue weighted by Gasteiger charge is -2.31. The Labute approximate surface area is 159 Å². The fourth-order valence-electron chi connectivity index (χ4n) is 3.00. The average Bonchev–Trinajstić information content (AvgIpc) is 3.14. The van der Waals surface area contributed by atoms with Gasteiger partial charge in [-0.05, 0) is 25.0 Å².